The highest BCUT2D eigenvalue weighted by Gasteiger charge is 2.18. The van der Waals surface area contributed by atoms with Gasteiger partial charge < -0.3 is 14.5 Å². The van der Waals surface area contributed by atoms with E-state index in [1.807, 2.05) is 23.2 Å². The summed E-state index contributed by atoms with van der Waals surface area (Å²) in [5.74, 6) is -0.0610. The number of pyridine rings is 1. The van der Waals surface area contributed by atoms with Gasteiger partial charge in [-0.15, -0.1) is 11.3 Å². The zero-order valence-electron chi connectivity index (χ0n) is 15.8. The van der Waals surface area contributed by atoms with Crippen LogP contribution in [0.15, 0.2) is 30.5 Å². The zero-order chi connectivity index (χ0) is 19.2. The number of esters is 1. The van der Waals surface area contributed by atoms with Crippen LogP contribution in [0, 0.1) is 0 Å². The molecule has 2 aromatic rings. The number of thiophene rings is 1. The first kappa shape index (κ1) is 19.4. The van der Waals surface area contributed by atoms with E-state index in [0.717, 1.165) is 50.4 Å². The SMILES string of the molecule is CCC(=O)Oc1ccc(CCc2ccc(N3CCN(C(C)=O)CC3)cn2)s1. The van der Waals surface area contributed by atoms with E-state index in [9.17, 15) is 9.59 Å². The van der Waals surface area contributed by atoms with Crippen molar-refractivity contribution < 1.29 is 14.3 Å². The van der Waals surface area contributed by atoms with Crippen LogP contribution in [0.4, 0.5) is 5.69 Å². The lowest BCUT2D eigenvalue weighted by molar-refractivity contribution is -0.133. The lowest BCUT2D eigenvalue weighted by Crippen LogP contribution is -2.48. The lowest BCUT2D eigenvalue weighted by atomic mass is 10.2. The van der Waals surface area contributed by atoms with Gasteiger partial charge in [0.05, 0.1) is 11.9 Å². The van der Waals surface area contributed by atoms with Crippen molar-refractivity contribution in [3.63, 3.8) is 0 Å². The smallest absolute Gasteiger partial charge is 0.311 e. The monoisotopic (exact) mass is 387 g/mol. The number of anilines is 1. The molecule has 0 saturated carbocycles. The number of nitrogens with zero attached hydrogens (tertiary/aromatic N) is 3. The van der Waals surface area contributed by atoms with E-state index in [-0.39, 0.29) is 11.9 Å². The average molecular weight is 388 g/mol. The first-order valence-electron chi connectivity index (χ1n) is 9.30. The van der Waals surface area contributed by atoms with Crippen LogP contribution in [0.3, 0.4) is 0 Å². The molecule has 1 fully saturated rings. The Kier molecular flexibility index (Phi) is 6.45. The van der Waals surface area contributed by atoms with Gasteiger partial charge in [-0.2, -0.15) is 0 Å². The second kappa shape index (κ2) is 8.99. The summed E-state index contributed by atoms with van der Waals surface area (Å²) in [5, 5.41) is 0.657. The molecule has 1 aliphatic rings. The summed E-state index contributed by atoms with van der Waals surface area (Å²) in [7, 11) is 0. The summed E-state index contributed by atoms with van der Waals surface area (Å²) in [5.41, 5.74) is 2.15. The van der Waals surface area contributed by atoms with Crippen molar-refractivity contribution in [2.45, 2.75) is 33.1 Å². The van der Waals surface area contributed by atoms with E-state index >= 15 is 0 Å². The fourth-order valence-electron chi connectivity index (χ4n) is 3.01. The van der Waals surface area contributed by atoms with Gasteiger partial charge >= 0.3 is 5.97 Å². The summed E-state index contributed by atoms with van der Waals surface area (Å²) < 4.78 is 5.24. The van der Waals surface area contributed by atoms with Gasteiger partial charge in [-0.3, -0.25) is 14.6 Å². The Morgan fingerprint density at radius 2 is 1.89 bits per heavy atom. The summed E-state index contributed by atoms with van der Waals surface area (Å²) >= 11 is 1.51. The minimum Gasteiger partial charge on any atom is -0.415 e. The minimum absolute atomic E-state index is 0.143. The first-order chi connectivity index (χ1) is 13.0. The van der Waals surface area contributed by atoms with E-state index in [1.165, 1.54) is 16.2 Å². The molecular formula is C20H25N3O3S. The maximum Gasteiger partial charge on any atom is 0.311 e. The van der Waals surface area contributed by atoms with Crippen LogP contribution in [0.5, 0.6) is 5.06 Å². The molecule has 3 rings (SSSR count). The van der Waals surface area contributed by atoms with Crippen molar-refractivity contribution >= 4 is 28.9 Å². The van der Waals surface area contributed by atoms with E-state index in [1.54, 1.807) is 13.8 Å². The van der Waals surface area contributed by atoms with Crippen LogP contribution < -0.4 is 9.64 Å². The third-order valence-electron chi connectivity index (χ3n) is 4.67. The van der Waals surface area contributed by atoms with E-state index < -0.39 is 0 Å². The molecule has 27 heavy (non-hydrogen) atoms. The Balaban J connectivity index is 1.50. The van der Waals surface area contributed by atoms with E-state index in [0.29, 0.717) is 11.5 Å². The van der Waals surface area contributed by atoms with Crippen molar-refractivity contribution in [1.29, 1.82) is 0 Å². The number of ether oxygens (including phenoxy) is 1. The van der Waals surface area contributed by atoms with Crippen LogP contribution in [0.1, 0.15) is 30.8 Å². The molecule has 0 atom stereocenters. The summed E-state index contributed by atoms with van der Waals surface area (Å²) in [6.45, 7) is 6.62. The average Bonchev–Trinajstić information content (AvgIpc) is 3.14. The molecule has 6 nitrogen and oxygen atoms in total. The van der Waals surface area contributed by atoms with Gasteiger partial charge in [-0.1, -0.05) is 6.92 Å². The normalized spacial score (nSPS) is 14.3. The molecule has 0 aromatic carbocycles. The Labute approximate surface area is 163 Å². The maximum atomic E-state index is 11.4. The van der Waals surface area contributed by atoms with Gasteiger partial charge in [-0.25, -0.2) is 0 Å². The molecule has 0 N–H and O–H groups in total. The standard InChI is InChI=1S/C20H25N3O3S/c1-3-19(25)26-20-9-8-18(27-20)7-5-16-4-6-17(14-21-16)23-12-10-22(11-13-23)15(2)24/h4,6,8-9,14H,3,5,7,10-13H2,1-2H3. The van der Waals surface area contributed by atoms with Crippen LogP contribution >= 0.6 is 11.3 Å². The second-order valence-corrected chi connectivity index (χ2v) is 7.68. The highest BCUT2D eigenvalue weighted by Crippen LogP contribution is 2.26. The molecule has 1 aliphatic heterocycles. The van der Waals surface area contributed by atoms with Gasteiger partial charge in [0.1, 0.15) is 0 Å². The number of hydrogen-bond donors (Lipinski definition) is 0. The van der Waals surface area contributed by atoms with Crippen LogP contribution in [0.2, 0.25) is 0 Å². The molecule has 1 amide bonds. The molecule has 0 spiro atoms. The van der Waals surface area contributed by atoms with Crippen molar-refractivity contribution in [2.75, 3.05) is 31.1 Å². The molecule has 144 valence electrons. The van der Waals surface area contributed by atoms with Crippen molar-refractivity contribution in [3.8, 4) is 5.06 Å². The second-order valence-electron chi connectivity index (χ2n) is 6.55. The number of piperazine rings is 1. The van der Waals surface area contributed by atoms with Crippen LogP contribution in [-0.4, -0.2) is 47.9 Å². The third-order valence-corrected chi connectivity index (χ3v) is 5.69. The highest BCUT2D eigenvalue weighted by molar-refractivity contribution is 7.13. The predicted octanol–water partition coefficient (Wildman–Crippen LogP) is 2.91. The number of rotatable bonds is 6. The maximum absolute atomic E-state index is 11.4. The molecular weight excluding hydrogens is 362 g/mol. The van der Waals surface area contributed by atoms with Crippen molar-refractivity contribution in [1.82, 2.24) is 9.88 Å². The molecule has 2 aromatic heterocycles. The molecule has 1 saturated heterocycles. The molecule has 0 unspecified atom stereocenters. The number of aromatic nitrogens is 1. The predicted molar refractivity (Wildman–Crippen MR) is 106 cm³/mol. The molecule has 0 radical (unpaired) electrons. The molecule has 0 aliphatic carbocycles. The van der Waals surface area contributed by atoms with Crippen molar-refractivity contribution in [2.24, 2.45) is 0 Å². The van der Waals surface area contributed by atoms with Gasteiger partial charge in [0.25, 0.3) is 0 Å². The number of carbonyl (C=O) groups is 2. The van der Waals surface area contributed by atoms with Crippen molar-refractivity contribution in [3.05, 3.63) is 41.0 Å². The van der Waals surface area contributed by atoms with Gasteiger partial charge in [0, 0.05) is 50.1 Å². The Morgan fingerprint density at radius 3 is 2.52 bits per heavy atom. The molecule has 3 heterocycles. The molecule has 7 heteroatoms. The fourth-order valence-corrected chi connectivity index (χ4v) is 3.88. The summed E-state index contributed by atoms with van der Waals surface area (Å²) in [4.78, 5) is 32.7. The van der Waals surface area contributed by atoms with E-state index in [4.69, 9.17) is 4.74 Å². The Hall–Kier alpha value is -2.41. The third kappa shape index (κ3) is 5.29. The number of carbonyl (C=O) groups excluding carboxylic acids is 2. The number of amides is 1. The van der Waals surface area contributed by atoms with Gasteiger partial charge in [0.15, 0.2) is 5.06 Å². The van der Waals surface area contributed by atoms with Gasteiger partial charge in [-0.05, 0) is 37.1 Å². The topological polar surface area (TPSA) is 62.7 Å². The highest BCUT2D eigenvalue weighted by atomic mass is 32.1. The van der Waals surface area contributed by atoms with Gasteiger partial charge in [0.2, 0.25) is 5.91 Å². The van der Waals surface area contributed by atoms with Crippen LogP contribution in [-0.2, 0) is 22.4 Å². The summed E-state index contributed by atoms with van der Waals surface area (Å²) in [6, 6.07) is 8.03. The minimum atomic E-state index is -0.204. The first-order valence-corrected chi connectivity index (χ1v) is 10.1. The van der Waals surface area contributed by atoms with E-state index in [2.05, 4.69) is 22.0 Å². The Morgan fingerprint density at radius 1 is 1.11 bits per heavy atom. The number of aryl methyl sites for hydroxylation is 2. The fraction of sp³-hybridized carbons (Fsp3) is 0.450. The zero-order valence-corrected chi connectivity index (χ0v) is 16.6. The quantitative estimate of drug-likeness (QED) is 0.713. The molecule has 0 bridgehead atoms. The summed E-state index contributed by atoms with van der Waals surface area (Å²) in [6.07, 6.45) is 4.02. The largest absolute Gasteiger partial charge is 0.415 e. The lowest BCUT2D eigenvalue weighted by Gasteiger charge is -2.35. The number of hydrogen-bond acceptors (Lipinski definition) is 6. The Bertz CT molecular complexity index is 780. The van der Waals surface area contributed by atoms with Crippen LogP contribution in [0.25, 0.3) is 0 Å².